The summed E-state index contributed by atoms with van der Waals surface area (Å²) in [5.74, 6) is 1.57. The Labute approximate surface area is 85.7 Å². The molecule has 0 radical (unpaired) electrons. The van der Waals surface area contributed by atoms with Crippen molar-refractivity contribution in [1.82, 2.24) is 9.97 Å². The minimum atomic E-state index is 0.544. The number of hydrogen-bond donors (Lipinski definition) is 0. The van der Waals surface area contributed by atoms with E-state index in [0.29, 0.717) is 12.5 Å². The molecule has 0 aromatic carbocycles. The van der Waals surface area contributed by atoms with Gasteiger partial charge in [0.1, 0.15) is 5.82 Å². The Hall–Kier alpha value is -0.480. The van der Waals surface area contributed by atoms with Gasteiger partial charge in [0.05, 0.1) is 16.8 Å². The Kier molecular flexibility index (Phi) is 2.60. The van der Waals surface area contributed by atoms with E-state index in [2.05, 4.69) is 25.9 Å². The van der Waals surface area contributed by atoms with Gasteiger partial charge in [-0.05, 0) is 28.8 Å². The van der Waals surface area contributed by atoms with Gasteiger partial charge in [0, 0.05) is 19.2 Å². The van der Waals surface area contributed by atoms with E-state index in [1.165, 1.54) is 12.8 Å². The molecule has 1 saturated carbocycles. The van der Waals surface area contributed by atoms with Gasteiger partial charge in [0.2, 0.25) is 0 Å². The van der Waals surface area contributed by atoms with Crippen molar-refractivity contribution in [2.24, 2.45) is 0 Å². The molecule has 2 rings (SSSR count). The molecule has 3 nitrogen and oxygen atoms in total. The Morgan fingerprint density at radius 3 is 3.00 bits per heavy atom. The minimum Gasteiger partial charge on any atom is -0.378 e. The Bertz CT molecular complexity index is 312. The topological polar surface area (TPSA) is 35.0 Å². The van der Waals surface area contributed by atoms with Gasteiger partial charge in [-0.3, -0.25) is 0 Å². The standard InChI is InChI=1S/C9H11BrN2O/c1-13-5-8-7(10)4-11-9(12-8)6-2-3-6/h4,6H,2-3,5H2,1H3. The van der Waals surface area contributed by atoms with E-state index >= 15 is 0 Å². The van der Waals surface area contributed by atoms with Gasteiger partial charge >= 0.3 is 0 Å². The van der Waals surface area contributed by atoms with Crippen molar-refractivity contribution >= 4 is 15.9 Å². The molecule has 0 saturated heterocycles. The van der Waals surface area contributed by atoms with Crippen molar-refractivity contribution in [2.75, 3.05) is 7.11 Å². The van der Waals surface area contributed by atoms with Crippen LogP contribution in [0.5, 0.6) is 0 Å². The molecular formula is C9H11BrN2O. The normalized spacial score (nSPS) is 16.2. The van der Waals surface area contributed by atoms with Crippen LogP contribution >= 0.6 is 15.9 Å². The van der Waals surface area contributed by atoms with Crippen molar-refractivity contribution in [3.05, 3.63) is 22.2 Å². The van der Waals surface area contributed by atoms with E-state index < -0.39 is 0 Å². The lowest BCUT2D eigenvalue weighted by atomic mass is 10.3. The second-order valence-electron chi connectivity index (χ2n) is 3.23. The molecule has 0 bridgehead atoms. The van der Waals surface area contributed by atoms with E-state index in [9.17, 15) is 0 Å². The van der Waals surface area contributed by atoms with Crippen LogP contribution in [0.4, 0.5) is 0 Å². The summed E-state index contributed by atoms with van der Waals surface area (Å²) in [7, 11) is 1.67. The molecule has 1 aromatic heterocycles. The second kappa shape index (κ2) is 3.72. The number of rotatable bonds is 3. The summed E-state index contributed by atoms with van der Waals surface area (Å²) in [6.45, 7) is 0.544. The third kappa shape index (κ3) is 2.06. The highest BCUT2D eigenvalue weighted by Crippen LogP contribution is 2.38. The third-order valence-electron chi connectivity index (χ3n) is 2.06. The number of hydrogen-bond acceptors (Lipinski definition) is 3. The predicted molar refractivity (Wildman–Crippen MR) is 52.4 cm³/mol. The molecule has 1 fully saturated rings. The van der Waals surface area contributed by atoms with Gasteiger partial charge in [0.25, 0.3) is 0 Å². The third-order valence-corrected chi connectivity index (χ3v) is 2.72. The van der Waals surface area contributed by atoms with Crippen LogP contribution in [0.15, 0.2) is 10.7 Å². The lowest BCUT2D eigenvalue weighted by molar-refractivity contribution is 0.180. The summed E-state index contributed by atoms with van der Waals surface area (Å²) >= 11 is 3.40. The lowest BCUT2D eigenvalue weighted by Crippen LogP contribution is -2.00. The van der Waals surface area contributed by atoms with Gasteiger partial charge in [-0.1, -0.05) is 0 Å². The summed E-state index contributed by atoms with van der Waals surface area (Å²) in [5, 5.41) is 0. The first kappa shape index (κ1) is 9.09. The van der Waals surface area contributed by atoms with Crippen LogP contribution in [0, 0.1) is 0 Å². The molecule has 0 N–H and O–H groups in total. The van der Waals surface area contributed by atoms with Gasteiger partial charge < -0.3 is 4.74 Å². The predicted octanol–water partition coefficient (Wildman–Crippen LogP) is 2.26. The van der Waals surface area contributed by atoms with Crippen LogP contribution < -0.4 is 0 Å². The molecule has 0 unspecified atom stereocenters. The summed E-state index contributed by atoms with van der Waals surface area (Å²) in [4.78, 5) is 8.71. The molecule has 0 atom stereocenters. The summed E-state index contributed by atoms with van der Waals surface area (Å²) in [5.41, 5.74) is 0.944. The molecule has 70 valence electrons. The smallest absolute Gasteiger partial charge is 0.131 e. The Morgan fingerprint density at radius 2 is 2.38 bits per heavy atom. The fourth-order valence-electron chi connectivity index (χ4n) is 1.19. The van der Waals surface area contributed by atoms with Crippen LogP contribution in [0.2, 0.25) is 0 Å². The van der Waals surface area contributed by atoms with E-state index in [0.717, 1.165) is 16.0 Å². The fourth-order valence-corrected chi connectivity index (χ4v) is 1.50. The van der Waals surface area contributed by atoms with Crippen molar-refractivity contribution in [1.29, 1.82) is 0 Å². The average Bonchev–Trinajstić information content (AvgIpc) is 2.92. The van der Waals surface area contributed by atoms with Gasteiger partial charge in [-0.25, -0.2) is 9.97 Å². The van der Waals surface area contributed by atoms with E-state index in [1.54, 1.807) is 7.11 Å². The van der Waals surface area contributed by atoms with Crippen molar-refractivity contribution in [2.45, 2.75) is 25.4 Å². The Balaban J connectivity index is 2.25. The number of methoxy groups -OCH3 is 1. The summed E-state index contributed by atoms with van der Waals surface area (Å²) in [6, 6.07) is 0. The molecule has 13 heavy (non-hydrogen) atoms. The second-order valence-corrected chi connectivity index (χ2v) is 4.08. The molecule has 1 aliphatic rings. The largest absolute Gasteiger partial charge is 0.378 e. The number of halogens is 1. The molecule has 0 amide bonds. The molecule has 1 aliphatic carbocycles. The van der Waals surface area contributed by atoms with Crippen LogP contribution in [0.3, 0.4) is 0 Å². The molecule has 4 heteroatoms. The van der Waals surface area contributed by atoms with Crippen molar-refractivity contribution in [3.63, 3.8) is 0 Å². The Morgan fingerprint density at radius 1 is 1.62 bits per heavy atom. The summed E-state index contributed by atoms with van der Waals surface area (Å²) < 4.78 is 5.97. The van der Waals surface area contributed by atoms with E-state index in [4.69, 9.17) is 4.74 Å². The minimum absolute atomic E-state index is 0.544. The van der Waals surface area contributed by atoms with E-state index in [-0.39, 0.29) is 0 Å². The van der Waals surface area contributed by atoms with Crippen molar-refractivity contribution in [3.8, 4) is 0 Å². The van der Waals surface area contributed by atoms with Gasteiger partial charge in [-0.2, -0.15) is 0 Å². The molecular weight excluding hydrogens is 232 g/mol. The maximum Gasteiger partial charge on any atom is 0.131 e. The first-order valence-electron chi connectivity index (χ1n) is 4.31. The molecule has 1 aromatic rings. The zero-order chi connectivity index (χ0) is 9.26. The van der Waals surface area contributed by atoms with Crippen LogP contribution in [0.25, 0.3) is 0 Å². The number of aromatic nitrogens is 2. The first-order chi connectivity index (χ1) is 6.31. The maximum absolute atomic E-state index is 5.04. The molecule has 0 spiro atoms. The zero-order valence-electron chi connectivity index (χ0n) is 7.46. The van der Waals surface area contributed by atoms with Gasteiger partial charge in [-0.15, -0.1) is 0 Å². The van der Waals surface area contributed by atoms with Crippen LogP contribution in [-0.2, 0) is 11.3 Å². The first-order valence-corrected chi connectivity index (χ1v) is 5.11. The SMILES string of the molecule is COCc1nc(C2CC2)ncc1Br. The fraction of sp³-hybridized carbons (Fsp3) is 0.556. The van der Waals surface area contributed by atoms with Crippen LogP contribution in [0.1, 0.15) is 30.3 Å². The quantitative estimate of drug-likeness (QED) is 0.816. The maximum atomic E-state index is 5.04. The summed E-state index contributed by atoms with van der Waals surface area (Å²) in [6.07, 6.45) is 4.27. The number of nitrogens with zero attached hydrogens (tertiary/aromatic N) is 2. The molecule has 1 heterocycles. The monoisotopic (exact) mass is 242 g/mol. The van der Waals surface area contributed by atoms with E-state index in [1.807, 2.05) is 6.20 Å². The average molecular weight is 243 g/mol. The number of ether oxygens (including phenoxy) is 1. The highest BCUT2D eigenvalue weighted by atomic mass is 79.9. The highest BCUT2D eigenvalue weighted by molar-refractivity contribution is 9.10. The lowest BCUT2D eigenvalue weighted by Gasteiger charge is -2.03. The molecule has 0 aliphatic heterocycles. The van der Waals surface area contributed by atoms with Gasteiger partial charge in [0.15, 0.2) is 0 Å². The zero-order valence-corrected chi connectivity index (χ0v) is 9.04. The highest BCUT2D eigenvalue weighted by Gasteiger charge is 2.26. The van der Waals surface area contributed by atoms with Crippen molar-refractivity contribution < 1.29 is 4.74 Å². The van der Waals surface area contributed by atoms with Crippen LogP contribution in [-0.4, -0.2) is 17.1 Å².